The summed E-state index contributed by atoms with van der Waals surface area (Å²) in [6.45, 7) is 6.58. The first-order valence-electron chi connectivity index (χ1n) is 9.92. The zero-order valence-corrected chi connectivity index (χ0v) is 18.0. The van der Waals surface area contributed by atoms with E-state index in [0.717, 1.165) is 24.0 Å². The van der Waals surface area contributed by atoms with Gasteiger partial charge in [-0.15, -0.1) is 0 Å². The maximum atomic E-state index is 13.0. The van der Waals surface area contributed by atoms with Gasteiger partial charge in [-0.2, -0.15) is 0 Å². The SMILES string of the molecule is CCCCNC(=O)C(C)N(Cc1ccccc1C)C(=O)COc1cccc(Cl)c1. The van der Waals surface area contributed by atoms with E-state index >= 15 is 0 Å². The second kappa shape index (κ2) is 11.5. The number of carbonyl (C=O) groups is 2. The van der Waals surface area contributed by atoms with Gasteiger partial charge in [0.05, 0.1) is 0 Å². The topological polar surface area (TPSA) is 58.6 Å². The van der Waals surface area contributed by atoms with Gasteiger partial charge >= 0.3 is 0 Å². The second-order valence-corrected chi connectivity index (χ2v) is 7.45. The van der Waals surface area contributed by atoms with Crippen LogP contribution in [0, 0.1) is 6.92 Å². The molecular formula is C23H29ClN2O3. The molecule has 0 bridgehead atoms. The van der Waals surface area contributed by atoms with Gasteiger partial charge in [0.25, 0.3) is 5.91 Å². The summed E-state index contributed by atoms with van der Waals surface area (Å²) >= 11 is 5.97. The van der Waals surface area contributed by atoms with Crippen LogP contribution in [-0.2, 0) is 16.1 Å². The van der Waals surface area contributed by atoms with E-state index in [9.17, 15) is 9.59 Å². The predicted octanol–water partition coefficient (Wildman–Crippen LogP) is 4.36. The van der Waals surface area contributed by atoms with Crippen molar-refractivity contribution >= 4 is 23.4 Å². The molecule has 0 aliphatic rings. The highest BCUT2D eigenvalue weighted by Gasteiger charge is 2.26. The lowest BCUT2D eigenvalue weighted by molar-refractivity contribution is -0.142. The molecule has 0 aromatic heterocycles. The van der Waals surface area contributed by atoms with Crippen molar-refractivity contribution in [2.75, 3.05) is 13.2 Å². The van der Waals surface area contributed by atoms with Crippen LogP contribution in [0.5, 0.6) is 5.75 Å². The lowest BCUT2D eigenvalue weighted by Gasteiger charge is -2.29. The van der Waals surface area contributed by atoms with E-state index < -0.39 is 6.04 Å². The van der Waals surface area contributed by atoms with Crippen LogP contribution < -0.4 is 10.1 Å². The van der Waals surface area contributed by atoms with E-state index in [1.165, 1.54) is 0 Å². The Kier molecular flexibility index (Phi) is 9.00. The van der Waals surface area contributed by atoms with Crippen molar-refractivity contribution in [1.82, 2.24) is 10.2 Å². The van der Waals surface area contributed by atoms with Gasteiger partial charge in [-0.05, 0) is 49.6 Å². The molecule has 2 aromatic rings. The standard InChI is InChI=1S/C23H29ClN2O3/c1-4-5-13-25-23(28)18(3)26(15-19-10-7-6-9-17(19)2)22(27)16-29-21-12-8-11-20(24)14-21/h6-12,14,18H,4-5,13,15-16H2,1-3H3,(H,25,28). The number of amides is 2. The van der Waals surface area contributed by atoms with Crippen LogP contribution in [0.4, 0.5) is 0 Å². The molecule has 0 heterocycles. The summed E-state index contributed by atoms with van der Waals surface area (Å²) in [6, 6.07) is 14.1. The van der Waals surface area contributed by atoms with E-state index in [-0.39, 0.29) is 18.4 Å². The zero-order chi connectivity index (χ0) is 21.2. The number of aryl methyl sites for hydroxylation is 1. The van der Waals surface area contributed by atoms with Crippen molar-refractivity contribution in [2.24, 2.45) is 0 Å². The second-order valence-electron chi connectivity index (χ2n) is 7.01. The summed E-state index contributed by atoms with van der Waals surface area (Å²) in [6.07, 6.45) is 1.90. The Morgan fingerprint density at radius 3 is 2.62 bits per heavy atom. The molecule has 0 saturated heterocycles. The quantitative estimate of drug-likeness (QED) is 0.585. The van der Waals surface area contributed by atoms with E-state index in [2.05, 4.69) is 12.2 Å². The van der Waals surface area contributed by atoms with Gasteiger partial charge in [0, 0.05) is 18.1 Å². The Hall–Kier alpha value is -2.53. The van der Waals surface area contributed by atoms with Crippen molar-refractivity contribution in [3.05, 3.63) is 64.7 Å². The minimum Gasteiger partial charge on any atom is -0.484 e. The lowest BCUT2D eigenvalue weighted by Crippen LogP contribution is -2.49. The highest BCUT2D eigenvalue weighted by molar-refractivity contribution is 6.30. The number of carbonyl (C=O) groups excluding carboxylic acids is 2. The fourth-order valence-corrected chi connectivity index (χ4v) is 3.05. The molecule has 6 heteroatoms. The third-order valence-electron chi connectivity index (χ3n) is 4.76. The van der Waals surface area contributed by atoms with Gasteiger partial charge < -0.3 is 15.0 Å². The summed E-state index contributed by atoms with van der Waals surface area (Å²) in [7, 11) is 0. The maximum Gasteiger partial charge on any atom is 0.261 e. The summed E-state index contributed by atoms with van der Waals surface area (Å²) in [5.41, 5.74) is 2.07. The molecule has 2 aromatic carbocycles. The Labute approximate surface area is 178 Å². The normalized spacial score (nSPS) is 11.6. The maximum absolute atomic E-state index is 13.0. The molecule has 29 heavy (non-hydrogen) atoms. The van der Waals surface area contributed by atoms with Gasteiger partial charge in [0.2, 0.25) is 5.91 Å². The number of unbranched alkanes of at least 4 members (excludes halogenated alkanes) is 1. The molecular weight excluding hydrogens is 388 g/mol. The van der Waals surface area contributed by atoms with Gasteiger partial charge in [-0.3, -0.25) is 9.59 Å². The Bertz CT molecular complexity index is 825. The molecule has 1 atom stereocenters. The van der Waals surface area contributed by atoms with Crippen LogP contribution in [0.15, 0.2) is 48.5 Å². The van der Waals surface area contributed by atoms with Crippen molar-refractivity contribution in [2.45, 2.75) is 46.2 Å². The van der Waals surface area contributed by atoms with Crippen LogP contribution in [0.1, 0.15) is 37.8 Å². The van der Waals surface area contributed by atoms with Crippen LogP contribution >= 0.6 is 11.6 Å². The third kappa shape index (κ3) is 7.09. The fraction of sp³-hybridized carbons (Fsp3) is 0.391. The van der Waals surface area contributed by atoms with Gasteiger partial charge in [-0.25, -0.2) is 0 Å². The van der Waals surface area contributed by atoms with Crippen LogP contribution in [0.2, 0.25) is 5.02 Å². The summed E-state index contributed by atoms with van der Waals surface area (Å²) in [5.74, 6) is 0.0938. The fourth-order valence-electron chi connectivity index (χ4n) is 2.87. The number of halogens is 1. The lowest BCUT2D eigenvalue weighted by atomic mass is 10.1. The highest BCUT2D eigenvalue weighted by Crippen LogP contribution is 2.18. The summed E-state index contributed by atoms with van der Waals surface area (Å²) in [5, 5.41) is 3.45. The molecule has 5 nitrogen and oxygen atoms in total. The molecule has 0 fully saturated rings. The zero-order valence-electron chi connectivity index (χ0n) is 17.3. The molecule has 0 radical (unpaired) electrons. The minimum absolute atomic E-state index is 0.164. The van der Waals surface area contributed by atoms with Crippen molar-refractivity contribution in [3.8, 4) is 5.75 Å². The van der Waals surface area contributed by atoms with E-state index in [1.807, 2.05) is 31.2 Å². The number of benzene rings is 2. The minimum atomic E-state index is -0.609. The molecule has 0 spiro atoms. The van der Waals surface area contributed by atoms with Crippen LogP contribution in [-0.4, -0.2) is 35.9 Å². The van der Waals surface area contributed by atoms with E-state index in [1.54, 1.807) is 36.1 Å². The number of hydrogen-bond acceptors (Lipinski definition) is 3. The Morgan fingerprint density at radius 2 is 1.93 bits per heavy atom. The van der Waals surface area contributed by atoms with Gasteiger partial charge in [-0.1, -0.05) is 55.3 Å². The van der Waals surface area contributed by atoms with Crippen molar-refractivity contribution in [1.29, 1.82) is 0 Å². The molecule has 0 saturated carbocycles. The highest BCUT2D eigenvalue weighted by atomic mass is 35.5. The number of nitrogens with zero attached hydrogens (tertiary/aromatic N) is 1. The molecule has 1 N–H and O–H groups in total. The number of hydrogen-bond donors (Lipinski definition) is 1. The smallest absolute Gasteiger partial charge is 0.261 e. The largest absolute Gasteiger partial charge is 0.484 e. The summed E-state index contributed by atoms with van der Waals surface area (Å²) in [4.78, 5) is 27.1. The van der Waals surface area contributed by atoms with Gasteiger partial charge in [0.15, 0.2) is 6.61 Å². The average Bonchev–Trinajstić information content (AvgIpc) is 2.71. The van der Waals surface area contributed by atoms with Gasteiger partial charge in [0.1, 0.15) is 11.8 Å². The van der Waals surface area contributed by atoms with Crippen LogP contribution in [0.3, 0.4) is 0 Å². The van der Waals surface area contributed by atoms with E-state index in [0.29, 0.717) is 23.9 Å². The first kappa shape index (κ1) is 22.8. The molecule has 0 aliphatic carbocycles. The molecule has 156 valence electrons. The van der Waals surface area contributed by atoms with Crippen molar-refractivity contribution < 1.29 is 14.3 Å². The third-order valence-corrected chi connectivity index (χ3v) is 4.99. The Morgan fingerprint density at radius 1 is 1.17 bits per heavy atom. The number of nitrogens with one attached hydrogen (secondary N) is 1. The molecule has 0 aliphatic heterocycles. The first-order chi connectivity index (χ1) is 13.9. The van der Waals surface area contributed by atoms with Crippen LogP contribution in [0.25, 0.3) is 0 Å². The first-order valence-corrected chi connectivity index (χ1v) is 10.3. The molecule has 2 rings (SSSR count). The summed E-state index contributed by atoms with van der Waals surface area (Å²) < 4.78 is 5.62. The van der Waals surface area contributed by atoms with E-state index in [4.69, 9.17) is 16.3 Å². The average molecular weight is 417 g/mol. The predicted molar refractivity (Wildman–Crippen MR) is 116 cm³/mol. The molecule has 1 unspecified atom stereocenters. The van der Waals surface area contributed by atoms with Crippen molar-refractivity contribution in [3.63, 3.8) is 0 Å². The monoisotopic (exact) mass is 416 g/mol. The number of ether oxygens (including phenoxy) is 1. The Balaban J connectivity index is 2.12. The molecule has 2 amide bonds. The number of rotatable bonds is 10.